The third-order valence-corrected chi connectivity index (χ3v) is 8.24. The Morgan fingerprint density at radius 2 is 1.71 bits per heavy atom. The number of hydrogen-bond donors (Lipinski definition) is 1. The summed E-state index contributed by atoms with van der Waals surface area (Å²) in [4.78, 5) is 14.2. The Bertz CT molecular complexity index is 849. The Labute approximate surface area is 185 Å². The van der Waals surface area contributed by atoms with E-state index in [9.17, 15) is 13.2 Å². The first-order valence-corrected chi connectivity index (χ1v) is 12.2. The van der Waals surface area contributed by atoms with Gasteiger partial charge < -0.3 is 19.7 Å². The van der Waals surface area contributed by atoms with Crippen molar-refractivity contribution in [3.63, 3.8) is 0 Å². The highest BCUT2D eigenvalue weighted by Gasteiger charge is 2.35. The number of nitrogens with zero attached hydrogens (tertiary/aromatic N) is 3. The SMILES string of the molecule is COc1ccc(CNC(=O)N2CCN(S(=O)(=O)N(C)C3CCCCC3)CC2)cc1OC. The summed E-state index contributed by atoms with van der Waals surface area (Å²) in [7, 11) is 1.33. The molecule has 0 spiro atoms. The largest absolute Gasteiger partial charge is 0.493 e. The van der Waals surface area contributed by atoms with Crippen molar-refractivity contribution >= 4 is 16.2 Å². The molecule has 0 aromatic heterocycles. The lowest BCUT2D eigenvalue weighted by molar-refractivity contribution is 0.166. The molecule has 2 fully saturated rings. The van der Waals surface area contributed by atoms with E-state index < -0.39 is 10.2 Å². The molecule has 9 nitrogen and oxygen atoms in total. The molecule has 1 aliphatic heterocycles. The number of carbonyl (C=O) groups is 1. The van der Waals surface area contributed by atoms with Crippen LogP contribution in [0, 0.1) is 0 Å². The van der Waals surface area contributed by atoms with Gasteiger partial charge in [-0.1, -0.05) is 25.3 Å². The van der Waals surface area contributed by atoms with E-state index in [4.69, 9.17) is 9.47 Å². The molecule has 0 atom stereocenters. The van der Waals surface area contributed by atoms with Crippen LogP contribution in [0.2, 0.25) is 0 Å². The minimum Gasteiger partial charge on any atom is -0.493 e. The van der Waals surface area contributed by atoms with E-state index in [1.165, 1.54) is 10.7 Å². The Morgan fingerprint density at radius 3 is 2.32 bits per heavy atom. The standard InChI is InChI=1S/C21H34N4O5S/c1-23(18-7-5-4-6-8-18)31(27,28)25-13-11-24(12-14-25)21(26)22-16-17-9-10-19(29-2)20(15-17)30-3/h9-10,15,18H,4-8,11-14,16H2,1-3H3,(H,22,26). The number of nitrogens with one attached hydrogen (secondary N) is 1. The van der Waals surface area contributed by atoms with E-state index >= 15 is 0 Å². The van der Waals surface area contributed by atoms with Gasteiger partial charge in [0.1, 0.15) is 0 Å². The van der Waals surface area contributed by atoms with Gasteiger partial charge in [0, 0.05) is 45.8 Å². The van der Waals surface area contributed by atoms with Gasteiger partial charge in [0.05, 0.1) is 14.2 Å². The van der Waals surface area contributed by atoms with Gasteiger partial charge in [0.25, 0.3) is 10.2 Å². The zero-order chi connectivity index (χ0) is 22.4. The minimum atomic E-state index is -3.50. The van der Waals surface area contributed by atoms with E-state index in [0.29, 0.717) is 44.2 Å². The van der Waals surface area contributed by atoms with Crippen molar-refractivity contribution < 1.29 is 22.7 Å². The van der Waals surface area contributed by atoms with Gasteiger partial charge in [0.15, 0.2) is 11.5 Å². The van der Waals surface area contributed by atoms with Crippen molar-refractivity contribution in [2.24, 2.45) is 0 Å². The molecule has 2 amide bonds. The van der Waals surface area contributed by atoms with E-state index in [1.54, 1.807) is 36.5 Å². The van der Waals surface area contributed by atoms with Crippen molar-refractivity contribution in [3.05, 3.63) is 23.8 Å². The lowest BCUT2D eigenvalue weighted by Gasteiger charge is -2.38. The van der Waals surface area contributed by atoms with Crippen LogP contribution < -0.4 is 14.8 Å². The fourth-order valence-corrected chi connectivity index (χ4v) is 5.79. The van der Waals surface area contributed by atoms with Crippen LogP contribution in [0.25, 0.3) is 0 Å². The van der Waals surface area contributed by atoms with Crippen molar-refractivity contribution in [3.8, 4) is 11.5 Å². The predicted octanol–water partition coefficient (Wildman–Crippen LogP) is 2.04. The number of amides is 2. The Hall–Kier alpha value is -2.04. The smallest absolute Gasteiger partial charge is 0.317 e. The first kappa shape index (κ1) is 23.6. The van der Waals surface area contributed by atoms with Gasteiger partial charge in [-0.3, -0.25) is 0 Å². The highest BCUT2D eigenvalue weighted by atomic mass is 32.2. The van der Waals surface area contributed by atoms with E-state index in [-0.39, 0.29) is 12.1 Å². The topological polar surface area (TPSA) is 91.4 Å². The molecule has 0 unspecified atom stereocenters. The predicted molar refractivity (Wildman–Crippen MR) is 118 cm³/mol. The molecule has 174 valence electrons. The van der Waals surface area contributed by atoms with Gasteiger partial charge in [-0.2, -0.15) is 17.0 Å². The zero-order valence-electron chi connectivity index (χ0n) is 18.7. The van der Waals surface area contributed by atoms with Crippen LogP contribution in [0.5, 0.6) is 11.5 Å². The van der Waals surface area contributed by atoms with Crippen LogP contribution in [0.1, 0.15) is 37.7 Å². The number of rotatable bonds is 7. The van der Waals surface area contributed by atoms with Crippen LogP contribution in [-0.4, -0.2) is 81.4 Å². The maximum atomic E-state index is 13.0. The van der Waals surface area contributed by atoms with E-state index in [1.807, 2.05) is 12.1 Å². The van der Waals surface area contributed by atoms with Crippen LogP contribution in [0.15, 0.2) is 18.2 Å². The molecule has 0 radical (unpaired) electrons. The number of carbonyl (C=O) groups excluding carboxylic acids is 1. The van der Waals surface area contributed by atoms with Crippen molar-refractivity contribution in [1.29, 1.82) is 0 Å². The molecule has 10 heteroatoms. The highest BCUT2D eigenvalue weighted by Crippen LogP contribution is 2.28. The van der Waals surface area contributed by atoms with Crippen molar-refractivity contribution in [2.75, 3.05) is 47.4 Å². The first-order valence-electron chi connectivity index (χ1n) is 10.8. The number of ether oxygens (including phenoxy) is 2. The third kappa shape index (κ3) is 5.61. The molecule has 1 aromatic rings. The molecular weight excluding hydrogens is 420 g/mol. The molecule has 1 saturated carbocycles. The maximum absolute atomic E-state index is 13.0. The lowest BCUT2D eigenvalue weighted by Crippen LogP contribution is -2.56. The molecule has 1 saturated heterocycles. The van der Waals surface area contributed by atoms with E-state index in [0.717, 1.165) is 31.2 Å². The summed E-state index contributed by atoms with van der Waals surface area (Å²) in [5.74, 6) is 1.24. The average Bonchev–Trinajstić information content (AvgIpc) is 2.82. The van der Waals surface area contributed by atoms with Gasteiger partial charge in [-0.15, -0.1) is 0 Å². The number of hydrogen-bond acceptors (Lipinski definition) is 5. The molecule has 1 N–H and O–H groups in total. The highest BCUT2D eigenvalue weighted by molar-refractivity contribution is 7.86. The molecular formula is C21H34N4O5S. The van der Waals surface area contributed by atoms with Crippen LogP contribution in [0.4, 0.5) is 4.79 Å². The summed E-state index contributed by atoms with van der Waals surface area (Å²) < 4.78 is 39.6. The zero-order valence-corrected chi connectivity index (χ0v) is 19.5. The van der Waals surface area contributed by atoms with Crippen molar-refractivity contribution in [1.82, 2.24) is 18.8 Å². The Morgan fingerprint density at radius 1 is 1.06 bits per heavy atom. The second-order valence-corrected chi connectivity index (χ2v) is 10.0. The van der Waals surface area contributed by atoms with Gasteiger partial charge >= 0.3 is 6.03 Å². The Balaban J connectivity index is 1.50. The lowest BCUT2D eigenvalue weighted by atomic mass is 9.96. The summed E-state index contributed by atoms with van der Waals surface area (Å²) in [5, 5.41) is 2.90. The Kier molecular flexibility index (Phi) is 8.01. The number of urea groups is 1. The molecule has 3 rings (SSSR count). The van der Waals surface area contributed by atoms with Crippen LogP contribution in [0.3, 0.4) is 0 Å². The maximum Gasteiger partial charge on any atom is 0.317 e. The molecule has 1 heterocycles. The second kappa shape index (κ2) is 10.5. The molecule has 0 bridgehead atoms. The molecule has 2 aliphatic rings. The van der Waals surface area contributed by atoms with Gasteiger partial charge in [-0.25, -0.2) is 4.79 Å². The second-order valence-electron chi connectivity index (χ2n) is 8.05. The quantitative estimate of drug-likeness (QED) is 0.681. The fraction of sp³-hybridized carbons (Fsp3) is 0.667. The summed E-state index contributed by atoms with van der Waals surface area (Å²) in [6.07, 6.45) is 5.20. The van der Waals surface area contributed by atoms with Gasteiger partial charge in [-0.05, 0) is 30.5 Å². The minimum absolute atomic E-state index is 0.0848. The van der Waals surface area contributed by atoms with Crippen LogP contribution in [-0.2, 0) is 16.8 Å². The number of benzene rings is 1. The third-order valence-electron chi connectivity index (χ3n) is 6.20. The summed E-state index contributed by atoms with van der Waals surface area (Å²) in [6, 6.07) is 5.37. The number of methoxy groups -OCH3 is 2. The normalized spacial score (nSPS) is 18.8. The number of piperazine rings is 1. The fourth-order valence-electron chi connectivity index (χ4n) is 4.22. The monoisotopic (exact) mass is 454 g/mol. The van der Waals surface area contributed by atoms with Crippen LogP contribution >= 0.6 is 0 Å². The average molecular weight is 455 g/mol. The molecule has 31 heavy (non-hydrogen) atoms. The molecule has 1 aliphatic carbocycles. The first-order chi connectivity index (χ1) is 14.9. The van der Waals surface area contributed by atoms with Crippen molar-refractivity contribution in [2.45, 2.75) is 44.7 Å². The van der Waals surface area contributed by atoms with Gasteiger partial charge in [0.2, 0.25) is 0 Å². The summed E-state index contributed by atoms with van der Waals surface area (Å²) >= 11 is 0. The summed E-state index contributed by atoms with van der Waals surface area (Å²) in [5.41, 5.74) is 0.890. The molecule has 1 aromatic carbocycles. The van der Waals surface area contributed by atoms with E-state index in [2.05, 4.69) is 5.32 Å². The summed E-state index contributed by atoms with van der Waals surface area (Å²) in [6.45, 7) is 1.71.